The van der Waals surface area contributed by atoms with Crippen molar-refractivity contribution < 1.29 is 0 Å². The van der Waals surface area contributed by atoms with Crippen LogP contribution >= 0.6 is 11.3 Å². The molecule has 0 aliphatic carbocycles. The topological polar surface area (TPSA) is 42.7 Å². The Morgan fingerprint density at radius 1 is 1.29 bits per heavy atom. The number of rotatable bonds is 7. The van der Waals surface area contributed by atoms with Gasteiger partial charge in [-0.1, -0.05) is 13.8 Å². The lowest BCUT2D eigenvalue weighted by molar-refractivity contribution is 0.553. The molecule has 0 aromatic carbocycles. The molecule has 0 saturated carbocycles. The lowest BCUT2D eigenvalue weighted by Gasteiger charge is -2.08. The Labute approximate surface area is 131 Å². The molecule has 116 valence electrons. The van der Waals surface area contributed by atoms with Crippen LogP contribution in [-0.4, -0.2) is 27.9 Å². The van der Waals surface area contributed by atoms with E-state index in [-0.39, 0.29) is 0 Å². The number of thiazole rings is 1. The summed E-state index contributed by atoms with van der Waals surface area (Å²) in [7, 11) is 0. The largest absolute Gasteiger partial charge is 0.316 e. The summed E-state index contributed by atoms with van der Waals surface area (Å²) in [5.41, 5.74) is 4.88. The highest BCUT2D eigenvalue weighted by Gasteiger charge is 2.12. The highest BCUT2D eigenvalue weighted by molar-refractivity contribution is 7.09. The third-order valence-corrected chi connectivity index (χ3v) is 4.54. The van der Waals surface area contributed by atoms with E-state index in [4.69, 9.17) is 0 Å². The molecule has 0 aliphatic heterocycles. The van der Waals surface area contributed by atoms with Crippen molar-refractivity contribution in [1.82, 2.24) is 20.1 Å². The Morgan fingerprint density at radius 3 is 2.67 bits per heavy atom. The summed E-state index contributed by atoms with van der Waals surface area (Å²) in [5, 5.41) is 11.4. The predicted molar refractivity (Wildman–Crippen MR) is 89.1 cm³/mol. The standard InChI is InChI=1S/C16H26N4S/c1-11(2)8-17-7-6-15-13(4)19-20(14(15)5)9-16-18-12(3)10-21-16/h10-11,17H,6-9H2,1-5H3. The number of hydrogen-bond acceptors (Lipinski definition) is 4. The first-order chi connectivity index (χ1) is 9.97. The summed E-state index contributed by atoms with van der Waals surface area (Å²) in [6.07, 6.45) is 1.04. The van der Waals surface area contributed by atoms with Crippen LogP contribution in [-0.2, 0) is 13.0 Å². The predicted octanol–water partition coefficient (Wildman–Crippen LogP) is 3.10. The van der Waals surface area contributed by atoms with Gasteiger partial charge in [-0.05, 0) is 51.8 Å². The molecule has 0 spiro atoms. The molecule has 0 unspecified atom stereocenters. The smallest absolute Gasteiger partial charge is 0.114 e. The van der Waals surface area contributed by atoms with Gasteiger partial charge in [0.2, 0.25) is 0 Å². The normalized spacial score (nSPS) is 11.5. The van der Waals surface area contributed by atoms with Crippen molar-refractivity contribution in [2.24, 2.45) is 5.92 Å². The number of hydrogen-bond donors (Lipinski definition) is 1. The van der Waals surface area contributed by atoms with E-state index in [1.807, 2.05) is 6.92 Å². The Morgan fingerprint density at radius 2 is 2.05 bits per heavy atom. The number of aromatic nitrogens is 3. The fourth-order valence-electron chi connectivity index (χ4n) is 2.46. The summed E-state index contributed by atoms with van der Waals surface area (Å²) in [6, 6.07) is 0. The molecule has 21 heavy (non-hydrogen) atoms. The molecule has 0 fully saturated rings. The summed E-state index contributed by atoms with van der Waals surface area (Å²) in [4.78, 5) is 4.53. The molecule has 2 aromatic heterocycles. The molecule has 0 bridgehead atoms. The molecule has 2 rings (SSSR count). The van der Waals surface area contributed by atoms with Gasteiger partial charge >= 0.3 is 0 Å². The molecule has 0 atom stereocenters. The van der Waals surface area contributed by atoms with Crippen LogP contribution < -0.4 is 5.32 Å². The maximum Gasteiger partial charge on any atom is 0.114 e. The second-order valence-electron chi connectivity index (χ2n) is 6.04. The third kappa shape index (κ3) is 4.38. The van der Waals surface area contributed by atoms with E-state index in [1.165, 1.54) is 11.3 Å². The van der Waals surface area contributed by atoms with Crippen LogP contribution in [0.1, 0.15) is 41.5 Å². The van der Waals surface area contributed by atoms with Crippen molar-refractivity contribution in [2.75, 3.05) is 13.1 Å². The quantitative estimate of drug-likeness (QED) is 0.799. The second-order valence-corrected chi connectivity index (χ2v) is 6.98. The van der Waals surface area contributed by atoms with Gasteiger partial charge in [-0.3, -0.25) is 4.68 Å². The molecule has 2 aromatic rings. The van der Waals surface area contributed by atoms with Crippen LogP contribution in [0.2, 0.25) is 0 Å². The van der Waals surface area contributed by atoms with Crippen LogP contribution in [0, 0.1) is 26.7 Å². The fraction of sp³-hybridized carbons (Fsp3) is 0.625. The van der Waals surface area contributed by atoms with Crippen LogP contribution in [0.4, 0.5) is 0 Å². The molecule has 0 amide bonds. The van der Waals surface area contributed by atoms with Gasteiger partial charge in [0.05, 0.1) is 12.2 Å². The lowest BCUT2D eigenvalue weighted by atomic mass is 10.1. The van der Waals surface area contributed by atoms with E-state index >= 15 is 0 Å². The molecule has 0 aliphatic rings. The number of aryl methyl sites for hydroxylation is 2. The average Bonchev–Trinajstić information content (AvgIpc) is 2.92. The molecule has 5 heteroatoms. The first kappa shape index (κ1) is 16.2. The fourth-order valence-corrected chi connectivity index (χ4v) is 3.21. The van der Waals surface area contributed by atoms with Gasteiger partial charge in [0.1, 0.15) is 5.01 Å². The zero-order chi connectivity index (χ0) is 15.4. The zero-order valence-electron chi connectivity index (χ0n) is 13.7. The van der Waals surface area contributed by atoms with Crippen molar-refractivity contribution in [3.63, 3.8) is 0 Å². The summed E-state index contributed by atoms with van der Waals surface area (Å²) in [5.74, 6) is 0.697. The molecule has 0 saturated heterocycles. The molecule has 2 heterocycles. The minimum absolute atomic E-state index is 0.697. The Bertz CT molecular complexity index is 583. The number of nitrogens with one attached hydrogen (secondary N) is 1. The van der Waals surface area contributed by atoms with E-state index in [0.717, 1.165) is 42.5 Å². The van der Waals surface area contributed by atoms with Gasteiger partial charge in [0.15, 0.2) is 0 Å². The SMILES string of the molecule is Cc1csc(Cn2nc(C)c(CCNCC(C)C)c2C)n1. The number of nitrogens with zero attached hydrogens (tertiary/aromatic N) is 3. The third-order valence-electron chi connectivity index (χ3n) is 3.59. The zero-order valence-corrected chi connectivity index (χ0v) is 14.5. The van der Waals surface area contributed by atoms with Gasteiger partial charge in [-0.15, -0.1) is 11.3 Å². The van der Waals surface area contributed by atoms with Crippen molar-refractivity contribution >= 4 is 11.3 Å². The van der Waals surface area contributed by atoms with Crippen molar-refractivity contribution in [3.8, 4) is 0 Å². The van der Waals surface area contributed by atoms with Gasteiger partial charge in [0, 0.05) is 16.8 Å². The minimum atomic E-state index is 0.697. The summed E-state index contributed by atoms with van der Waals surface area (Å²) in [6.45, 7) is 13.6. The monoisotopic (exact) mass is 306 g/mol. The van der Waals surface area contributed by atoms with E-state index in [1.54, 1.807) is 11.3 Å². The maximum absolute atomic E-state index is 4.68. The second kappa shape index (κ2) is 7.18. The van der Waals surface area contributed by atoms with Crippen LogP contribution in [0.5, 0.6) is 0 Å². The Kier molecular flexibility index (Phi) is 5.53. The van der Waals surface area contributed by atoms with Crippen molar-refractivity contribution in [3.05, 3.63) is 33.0 Å². The van der Waals surface area contributed by atoms with E-state index in [0.29, 0.717) is 5.92 Å². The minimum Gasteiger partial charge on any atom is -0.316 e. The van der Waals surface area contributed by atoms with Gasteiger partial charge in [-0.2, -0.15) is 5.10 Å². The molecule has 1 N–H and O–H groups in total. The molecule has 4 nitrogen and oxygen atoms in total. The average molecular weight is 306 g/mol. The molecular formula is C16H26N4S. The Hall–Kier alpha value is -1.20. The first-order valence-electron chi connectivity index (χ1n) is 7.62. The van der Waals surface area contributed by atoms with E-state index in [2.05, 4.69) is 53.2 Å². The maximum atomic E-state index is 4.68. The van der Waals surface area contributed by atoms with Crippen molar-refractivity contribution in [2.45, 2.75) is 47.6 Å². The molecule has 0 radical (unpaired) electrons. The summed E-state index contributed by atoms with van der Waals surface area (Å²) < 4.78 is 2.09. The molecular weight excluding hydrogens is 280 g/mol. The van der Waals surface area contributed by atoms with Crippen LogP contribution in [0.25, 0.3) is 0 Å². The highest BCUT2D eigenvalue weighted by Crippen LogP contribution is 2.17. The Balaban J connectivity index is 2.00. The van der Waals surface area contributed by atoms with Crippen LogP contribution in [0.15, 0.2) is 5.38 Å². The summed E-state index contributed by atoms with van der Waals surface area (Å²) >= 11 is 1.71. The van der Waals surface area contributed by atoms with Gasteiger partial charge < -0.3 is 5.32 Å². The lowest BCUT2D eigenvalue weighted by Crippen LogP contribution is -2.22. The first-order valence-corrected chi connectivity index (χ1v) is 8.50. The van der Waals surface area contributed by atoms with Crippen LogP contribution in [0.3, 0.4) is 0 Å². The highest BCUT2D eigenvalue weighted by atomic mass is 32.1. The van der Waals surface area contributed by atoms with Gasteiger partial charge in [0.25, 0.3) is 0 Å². The van der Waals surface area contributed by atoms with Crippen molar-refractivity contribution in [1.29, 1.82) is 0 Å². The van der Waals surface area contributed by atoms with Gasteiger partial charge in [-0.25, -0.2) is 4.98 Å². The van der Waals surface area contributed by atoms with E-state index < -0.39 is 0 Å². The van der Waals surface area contributed by atoms with E-state index in [9.17, 15) is 0 Å².